The van der Waals surface area contributed by atoms with Crippen LogP contribution in [0.1, 0.15) is 50.8 Å². The van der Waals surface area contributed by atoms with Crippen LogP contribution in [0.3, 0.4) is 0 Å². The van der Waals surface area contributed by atoms with Gasteiger partial charge in [-0.05, 0) is 38.5 Å². The topological polar surface area (TPSA) is 40.7 Å². The van der Waals surface area contributed by atoms with Gasteiger partial charge in [-0.2, -0.15) is 5.10 Å². The maximum atomic E-state index is 4.38. The van der Waals surface area contributed by atoms with E-state index in [4.69, 9.17) is 0 Å². The number of anilines is 1. The van der Waals surface area contributed by atoms with Crippen LogP contribution in [0.15, 0.2) is 0 Å². The Labute approximate surface area is 98.0 Å². The summed E-state index contributed by atoms with van der Waals surface area (Å²) in [5.41, 5.74) is 2.55. The highest BCUT2D eigenvalue weighted by molar-refractivity contribution is 5.46. The van der Waals surface area contributed by atoms with Crippen molar-refractivity contribution in [2.45, 2.75) is 58.9 Å². The van der Waals surface area contributed by atoms with Crippen LogP contribution >= 0.6 is 0 Å². The Morgan fingerprint density at radius 3 is 2.69 bits per heavy atom. The van der Waals surface area contributed by atoms with Crippen LogP contribution in [-0.2, 0) is 6.42 Å². The molecule has 1 fully saturated rings. The van der Waals surface area contributed by atoms with E-state index < -0.39 is 0 Å². The zero-order valence-electron chi connectivity index (χ0n) is 10.6. The summed E-state index contributed by atoms with van der Waals surface area (Å²) in [7, 11) is 0. The lowest BCUT2D eigenvalue weighted by atomic mass is 10.1. The van der Waals surface area contributed by atoms with E-state index in [0.717, 1.165) is 18.2 Å². The molecule has 1 aliphatic rings. The first-order valence-corrected chi connectivity index (χ1v) is 6.56. The van der Waals surface area contributed by atoms with Crippen LogP contribution in [0.4, 0.5) is 5.82 Å². The Bertz CT molecular complexity index is 339. The smallest absolute Gasteiger partial charge is 0.151 e. The first kappa shape index (κ1) is 11.5. The minimum atomic E-state index is 0.636. The first-order chi connectivity index (χ1) is 7.76. The number of H-pyrrole nitrogens is 1. The average Bonchev–Trinajstić information content (AvgIpc) is 3.06. The second-order valence-electron chi connectivity index (χ2n) is 4.91. The second-order valence-corrected chi connectivity index (χ2v) is 4.91. The minimum absolute atomic E-state index is 0.636. The molecule has 2 rings (SSSR count). The van der Waals surface area contributed by atoms with E-state index in [0.29, 0.717) is 6.04 Å². The molecule has 1 aromatic heterocycles. The van der Waals surface area contributed by atoms with E-state index >= 15 is 0 Å². The molecule has 3 heteroatoms. The lowest BCUT2D eigenvalue weighted by Crippen LogP contribution is -2.22. The highest BCUT2D eigenvalue weighted by Crippen LogP contribution is 2.36. The van der Waals surface area contributed by atoms with Crippen LogP contribution in [0, 0.1) is 12.8 Å². The molecule has 1 unspecified atom stereocenters. The van der Waals surface area contributed by atoms with Gasteiger partial charge in [-0.15, -0.1) is 0 Å². The van der Waals surface area contributed by atoms with Gasteiger partial charge in [-0.1, -0.05) is 20.3 Å². The second kappa shape index (κ2) is 4.89. The van der Waals surface area contributed by atoms with E-state index in [-0.39, 0.29) is 0 Å². The number of rotatable bonds is 6. The fourth-order valence-electron chi connectivity index (χ4n) is 2.33. The van der Waals surface area contributed by atoms with Crippen LogP contribution in [0.25, 0.3) is 0 Å². The number of nitrogens with zero attached hydrogens (tertiary/aromatic N) is 1. The third-order valence-electron chi connectivity index (χ3n) is 3.58. The van der Waals surface area contributed by atoms with E-state index in [1.165, 1.54) is 36.9 Å². The van der Waals surface area contributed by atoms with E-state index in [1.807, 2.05) is 0 Å². The lowest BCUT2D eigenvalue weighted by Gasteiger charge is -2.17. The van der Waals surface area contributed by atoms with Gasteiger partial charge in [0.05, 0.1) is 0 Å². The van der Waals surface area contributed by atoms with Crippen molar-refractivity contribution in [3.05, 3.63) is 11.3 Å². The molecule has 16 heavy (non-hydrogen) atoms. The molecule has 0 aliphatic heterocycles. The number of nitrogens with one attached hydrogen (secondary N) is 2. The summed E-state index contributed by atoms with van der Waals surface area (Å²) in [6.45, 7) is 6.57. The fourth-order valence-corrected chi connectivity index (χ4v) is 2.33. The first-order valence-electron chi connectivity index (χ1n) is 6.56. The van der Waals surface area contributed by atoms with Crippen molar-refractivity contribution in [3.63, 3.8) is 0 Å². The predicted octanol–water partition coefficient (Wildman–Crippen LogP) is 3.27. The predicted molar refractivity (Wildman–Crippen MR) is 67.7 cm³/mol. The van der Waals surface area contributed by atoms with Crippen molar-refractivity contribution in [2.24, 2.45) is 5.92 Å². The molecule has 0 bridgehead atoms. The molecule has 0 aromatic carbocycles. The molecule has 0 spiro atoms. The van der Waals surface area contributed by atoms with Crippen molar-refractivity contribution >= 4 is 5.82 Å². The monoisotopic (exact) mass is 221 g/mol. The maximum absolute atomic E-state index is 4.38. The number of hydrogen-bond acceptors (Lipinski definition) is 2. The summed E-state index contributed by atoms with van der Waals surface area (Å²) >= 11 is 0. The summed E-state index contributed by atoms with van der Waals surface area (Å²) < 4.78 is 0. The molecule has 3 nitrogen and oxygen atoms in total. The number of aromatic amines is 1. The van der Waals surface area contributed by atoms with Crippen molar-refractivity contribution < 1.29 is 0 Å². The van der Waals surface area contributed by atoms with E-state index in [2.05, 4.69) is 36.3 Å². The molecule has 1 aliphatic carbocycles. The molecule has 2 N–H and O–H groups in total. The number of hydrogen-bond donors (Lipinski definition) is 2. The van der Waals surface area contributed by atoms with Crippen molar-refractivity contribution in [1.82, 2.24) is 10.2 Å². The van der Waals surface area contributed by atoms with Gasteiger partial charge < -0.3 is 5.32 Å². The number of aromatic nitrogens is 2. The summed E-state index contributed by atoms with van der Waals surface area (Å²) in [6, 6.07) is 0.636. The van der Waals surface area contributed by atoms with Crippen molar-refractivity contribution in [2.75, 3.05) is 5.32 Å². The third-order valence-corrected chi connectivity index (χ3v) is 3.58. The Morgan fingerprint density at radius 2 is 2.19 bits per heavy atom. The Morgan fingerprint density at radius 1 is 1.44 bits per heavy atom. The average molecular weight is 221 g/mol. The third kappa shape index (κ3) is 2.39. The van der Waals surface area contributed by atoms with Gasteiger partial charge in [0.2, 0.25) is 0 Å². The molecule has 1 atom stereocenters. The Balaban J connectivity index is 2.02. The van der Waals surface area contributed by atoms with E-state index in [1.54, 1.807) is 0 Å². The summed E-state index contributed by atoms with van der Waals surface area (Å²) in [5.74, 6) is 1.96. The molecule has 0 saturated heterocycles. The highest BCUT2D eigenvalue weighted by Gasteiger charge is 2.31. The fraction of sp³-hybridized carbons (Fsp3) is 0.769. The van der Waals surface area contributed by atoms with Gasteiger partial charge in [-0.25, -0.2) is 0 Å². The SMILES string of the molecule is CCCC(Nc1n[nH]c(CC)c1C)C1CC1. The van der Waals surface area contributed by atoms with Gasteiger partial charge in [0.15, 0.2) is 5.82 Å². The standard InChI is InChI=1S/C13H23N3/c1-4-6-12(10-7-8-10)14-13-9(3)11(5-2)15-16-13/h10,12H,4-8H2,1-3H3,(H2,14,15,16). The largest absolute Gasteiger partial charge is 0.365 e. The van der Waals surface area contributed by atoms with Crippen LogP contribution < -0.4 is 5.32 Å². The molecule has 1 aromatic rings. The molecular formula is C13H23N3. The quantitative estimate of drug-likeness (QED) is 0.774. The molecular weight excluding hydrogens is 198 g/mol. The highest BCUT2D eigenvalue weighted by atomic mass is 15.2. The molecule has 1 saturated carbocycles. The van der Waals surface area contributed by atoms with Gasteiger partial charge in [0, 0.05) is 17.3 Å². The summed E-state index contributed by atoms with van der Waals surface area (Å²) in [4.78, 5) is 0. The summed E-state index contributed by atoms with van der Waals surface area (Å²) in [6.07, 6.45) is 6.32. The zero-order valence-corrected chi connectivity index (χ0v) is 10.6. The zero-order chi connectivity index (χ0) is 11.5. The van der Waals surface area contributed by atoms with Crippen LogP contribution in [0.5, 0.6) is 0 Å². The van der Waals surface area contributed by atoms with Gasteiger partial charge in [0.25, 0.3) is 0 Å². The minimum Gasteiger partial charge on any atom is -0.365 e. The van der Waals surface area contributed by atoms with Crippen molar-refractivity contribution in [1.29, 1.82) is 0 Å². The Kier molecular flexibility index (Phi) is 3.52. The van der Waals surface area contributed by atoms with Crippen molar-refractivity contribution in [3.8, 4) is 0 Å². The van der Waals surface area contributed by atoms with Gasteiger partial charge in [0.1, 0.15) is 0 Å². The maximum Gasteiger partial charge on any atom is 0.151 e. The Hall–Kier alpha value is -0.990. The normalized spacial score (nSPS) is 17.4. The number of aryl methyl sites for hydroxylation is 1. The molecule has 0 amide bonds. The lowest BCUT2D eigenvalue weighted by molar-refractivity contribution is 0.575. The van der Waals surface area contributed by atoms with Gasteiger partial charge in [-0.3, -0.25) is 5.10 Å². The van der Waals surface area contributed by atoms with Crippen LogP contribution in [0.2, 0.25) is 0 Å². The van der Waals surface area contributed by atoms with E-state index in [9.17, 15) is 0 Å². The molecule has 1 heterocycles. The molecule has 90 valence electrons. The van der Waals surface area contributed by atoms with Crippen LogP contribution in [-0.4, -0.2) is 16.2 Å². The summed E-state index contributed by atoms with van der Waals surface area (Å²) in [5, 5.41) is 11.1. The van der Waals surface area contributed by atoms with Gasteiger partial charge >= 0.3 is 0 Å². The molecule has 0 radical (unpaired) electrons.